The number of rotatable bonds is 9. The Kier molecular flexibility index (Phi) is 7.52. The van der Waals surface area contributed by atoms with E-state index in [9.17, 15) is 8.42 Å². The number of nitrogens with one attached hydrogen (secondary N) is 2. The van der Waals surface area contributed by atoms with E-state index in [4.69, 9.17) is 25.0 Å². The fraction of sp³-hybridized carbons (Fsp3) is 0.391. The van der Waals surface area contributed by atoms with Crippen LogP contribution in [0.1, 0.15) is 24.8 Å². The quantitative estimate of drug-likeness (QED) is 0.284. The van der Waals surface area contributed by atoms with E-state index in [-0.39, 0.29) is 23.6 Å². The Labute approximate surface area is 209 Å². The number of benzene rings is 1. The number of anilines is 2. The van der Waals surface area contributed by atoms with Gasteiger partial charge in [-0.15, -0.1) is 10.2 Å². The van der Waals surface area contributed by atoms with Crippen LogP contribution in [0, 0.1) is 5.41 Å². The molecule has 0 radical (unpaired) electrons. The summed E-state index contributed by atoms with van der Waals surface area (Å²) in [7, 11) is -2.16. The summed E-state index contributed by atoms with van der Waals surface area (Å²) >= 11 is 0. The average molecular weight is 516 g/mol. The van der Waals surface area contributed by atoms with Gasteiger partial charge in [0.1, 0.15) is 5.69 Å². The molecule has 1 unspecified atom stereocenters. The molecule has 1 aromatic carbocycles. The maximum absolute atomic E-state index is 11.8. The van der Waals surface area contributed by atoms with E-state index in [1.807, 2.05) is 0 Å². The van der Waals surface area contributed by atoms with Crippen molar-refractivity contribution >= 4 is 27.6 Å². The summed E-state index contributed by atoms with van der Waals surface area (Å²) < 4.78 is 42.9. The number of pyridine rings is 1. The number of ether oxygens (including phenoxy) is 2. The lowest BCUT2D eigenvalue weighted by Crippen LogP contribution is -2.41. The molecular weight excluding hydrogens is 486 g/mol. The molecule has 192 valence electrons. The molecule has 1 aliphatic rings. The molecule has 4 rings (SSSR count). The van der Waals surface area contributed by atoms with Crippen molar-refractivity contribution in [1.29, 1.82) is 5.41 Å². The van der Waals surface area contributed by atoms with E-state index in [1.165, 1.54) is 13.3 Å². The molecule has 4 N–H and O–H groups in total. The molecule has 1 fully saturated rings. The molecule has 0 bridgehead atoms. The summed E-state index contributed by atoms with van der Waals surface area (Å²) in [4.78, 5) is 6.42. The maximum Gasteiger partial charge on any atom is 0.248 e. The molecule has 0 saturated carbocycles. The van der Waals surface area contributed by atoms with Crippen LogP contribution in [0.15, 0.2) is 28.8 Å². The Morgan fingerprint density at radius 1 is 1.31 bits per heavy atom. The zero-order chi connectivity index (χ0) is 25.9. The van der Waals surface area contributed by atoms with Gasteiger partial charge in [-0.05, 0) is 30.2 Å². The molecule has 0 aliphatic carbocycles. The van der Waals surface area contributed by atoms with E-state index >= 15 is 0 Å². The first-order valence-electron chi connectivity index (χ1n) is 11.3. The smallest absolute Gasteiger partial charge is 0.248 e. The summed E-state index contributed by atoms with van der Waals surface area (Å²) in [5, 5.41) is 16.3. The lowest BCUT2D eigenvalue weighted by molar-refractivity contribution is -0.0346. The maximum atomic E-state index is 11.8. The van der Waals surface area contributed by atoms with Gasteiger partial charge in [0.05, 0.1) is 38.2 Å². The average Bonchev–Trinajstić information content (AvgIpc) is 3.31. The molecule has 1 saturated heterocycles. The van der Waals surface area contributed by atoms with Gasteiger partial charge in [-0.3, -0.25) is 9.62 Å². The summed E-state index contributed by atoms with van der Waals surface area (Å²) in [6.45, 7) is 4.80. The highest BCUT2D eigenvalue weighted by molar-refractivity contribution is 7.92. The van der Waals surface area contributed by atoms with Gasteiger partial charge < -0.3 is 25.0 Å². The van der Waals surface area contributed by atoms with Crippen LogP contribution in [0.4, 0.5) is 11.4 Å². The van der Waals surface area contributed by atoms with E-state index in [2.05, 4.69) is 31.7 Å². The lowest BCUT2D eigenvalue weighted by Gasteiger charge is -2.31. The van der Waals surface area contributed by atoms with Crippen molar-refractivity contribution in [3.8, 4) is 28.5 Å². The van der Waals surface area contributed by atoms with Gasteiger partial charge in [0.15, 0.2) is 0 Å². The van der Waals surface area contributed by atoms with Crippen molar-refractivity contribution in [3.05, 3.63) is 35.9 Å². The first kappa shape index (κ1) is 25.5. The molecule has 3 heterocycles. The van der Waals surface area contributed by atoms with Gasteiger partial charge in [0, 0.05) is 42.3 Å². The minimum atomic E-state index is -3.56. The molecule has 1 aliphatic heterocycles. The van der Waals surface area contributed by atoms with Crippen LogP contribution in [0.5, 0.6) is 5.88 Å². The van der Waals surface area contributed by atoms with Gasteiger partial charge in [-0.1, -0.05) is 6.92 Å². The number of sulfonamides is 1. The highest BCUT2D eigenvalue weighted by Gasteiger charge is 2.22. The van der Waals surface area contributed by atoms with Gasteiger partial charge in [-0.2, -0.15) is 0 Å². The molecule has 13 heteroatoms. The van der Waals surface area contributed by atoms with Crippen LogP contribution in [0.25, 0.3) is 22.6 Å². The van der Waals surface area contributed by atoms with Crippen LogP contribution < -0.4 is 15.2 Å². The molecule has 3 aromatic rings. The highest BCUT2D eigenvalue weighted by atomic mass is 32.2. The third-order valence-electron chi connectivity index (χ3n) is 5.76. The Hall–Kier alpha value is -3.55. The first-order chi connectivity index (χ1) is 17.2. The Balaban J connectivity index is 1.68. The van der Waals surface area contributed by atoms with Gasteiger partial charge in [0.2, 0.25) is 27.7 Å². The Morgan fingerprint density at radius 2 is 2.11 bits per heavy atom. The molecule has 1 atom stereocenters. The van der Waals surface area contributed by atoms with Gasteiger partial charge in [-0.25, -0.2) is 13.4 Å². The largest absolute Gasteiger partial charge is 0.480 e. The zero-order valence-corrected chi connectivity index (χ0v) is 21.1. The molecule has 12 nitrogen and oxygen atoms in total. The second-order valence-corrected chi connectivity index (χ2v) is 10.2. The van der Waals surface area contributed by atoms with Gasteiger partial charge in [0.25, 0.3) is 0 Å². The summed E-state index contributed by atoms with van der Waals surface area (Å²) in [5.41, 5.74) is 8.90. The van der Waals surface area contributed by atoms with E-state index in [0.717, 1.165) is 32.0 Å². The number of hydrogen-bond donors (Lipinski definition) is 3. The zero-order valence-electron chi connectivity index (χ0n) is 20.3. The lowest BCUT2D eigenvalue weighted by atomic mass is 9.98. The monoisotopic (exact) mass is 515 g/mol. The molecular formula is C23H29N7O5S. The van der Waals surface area contributed by atoms with Crippen molar-refractivity contribution in [2.24, 2.45) is 0 Å². The number of hydrogen-bond acceptors (Lipinski definition) is 11. The third kappa shape index (κ3) is 5.80. The highest BCUT2D eigenvalue weighted by Crippen LogP contribution is 2.35. The summed E-state index contributed by atoms with van der Waals surface area (Å²) in [6, 6.07) is 5.02. The van der Waals surface area contributed by atoms with Crippen molar-refractivity contribution in [3.63, 3.8) is 0 Å². The fourth-order valence-corrected chi connectivity index (χ4v) is 4.56. The number of nitrogens with zero attached hydrogens (tertiary/aromatic N) is 4. The molecule has 0 spiro atoms. The summed E-state index contributed by atoms with van der Waals surface area (Å²) in [5.74, 6) is 0.809. The van der Waals surface area contributed by atoms with E-state index < -0.39 is 10.0 Å². The number of methoxy groups -OCH3 is 1. The van der Waals surface area contributed by atoms with Crippen molar-refractivity contribution in [2.45, 2.75) is 26.0 Å². The minimum Gasteiger partial charge on any atom is -0.480 e. The second-order valence-electron chi connectivity index (χ2n) is 8.46. The SMILES string of the molecule is CCC1CN(Cc2nnc(-c3cc(-c4cnc(OC)c(NS(C)(=O)=O)c4)cc(N)c3C=N)o2)CCO1. The van der Waals surface area contributed by atoms with E-state index in [1.54, 1.807) is 18.2 Å². The Bertz CT molecular complexity index is 1360. The molecule has 0 amide bonds. The van der Waals surface area contributed by atoms with Crippen molar-refractivity contribution in [2.75, 3.05) is 43.5 Å². The number of morpholine rings is 1. The van der Waals surface area contributed by atoms with Crippen molar-refractivity contribution in [1.82, 2.24) is 20.1 Å². The predicted octanol–water partition coefficient (Wildman–Crippen LogP) is 2.37. The minimum absolute atomic E-state index is 0.128. The van der Waals surface area contributed by atoms with Gasteiger partial charge >= 0.3 is 0 Å². The predicted molar refractivity (Wildman–Crippen MR) is 136 cm³/mol. The number of nitrogens with two attached hydrogens (primary N) is 1. The van der Waals surface area contributed by atoms with Crippen LogP contribution >= 0.6 is 0 Å². The van der Waals surface area contributed by atoms with Crippen LogP contribution in [-0.4, -0.2) is 73.9 Å². The molecule has 36 heavy (non-hydrogen) atoms. The van der Waals surface area contributed by atoms with E-state index in [0.29, 0.717) is 47.0 Å². The number of aromatic nitrogens is 3. The second kappa shape index (κ2) is 10.6. The number of nitrogen functional groups attached to an aromatic ring is 1. The first-order valence-corrected chi connectivity index (χ1v) is 13.2. The van der Waals surface area contributed by atoms with Crippen LogP contribution in [-0.2, 0) is 21.3 Å². The normalized spacial score (nSPS) is 16.6. The Morgan fingerprint density at radius 3 is 2.81 bits per heavy atom. The molecule has 2 aromatic heterocycles. The fourth-order valence-electron chi connectivity index (χ4n) is 4.01. The van der Waals surface area contributed by atoms with Crippen molar-refractivity contribution < 1.29 is 22.3 Å². The topological polar surface area (TPSA) is 170 Å². The standard InChI is InChI=1S/C23H29N7O5S/c1-4-16-12-30(5-6-34-16)13-21-27-28-22(35-21)17-7-14(8-19(25)18(17)10-24)15-9-20(29-36(3,31)32)23(33-2)26-11-15/h7-11,16,24,29H,4-6,12-13,25H2,1-3H3. The third-order valence-corrected chi connectivity index (χ3v) is 6.35. The van der Waals surface area contributed by atoms with Crippen LogP contribution in [0.3, 0.4) is 0 Å². The van der Waals surface area contributed by atoms with Crippen LogP contribution in [0.2, 0.25) is 0 Å². The summed E-state index contributed by atoms with van der Waals surface area (Å²) in [6.07, 6.45) is 4.83.